The highest BCUT2D eigenvalue weighted by Crippen LogP contribution is 2.35. The van der Waals surface area contributed by atoms with Gasteiger partial charge in [0.2, 0.25) is 0 Å². The van der Waals surface area contributed by atoms with E-state index in [4.69, 9.17) is 4.98 Å². The molecule has 0 saturated carbocycles. The number of aromatic nitrogens is 3. The van der Waals surface area contributed by atoms with Crippen molar-refractivity contribution in [2.75, 3.05) is 18.9 Å². The Morgan fingerprint density at radius 3 is 2.85 bits per heavy atom. The van der Waals surface area contributed by atoms with Gasteiger partial charge in [-0.2, -0.15) is 0 Å². The van der Waals surface area contributed by atoms with Gasteiger partial charge in [-0.05, 0) is 74.8 Å². The number of aryl methyl sites for hydroxylation is 2. The molecule has 0 bridgehead atoms. The molecule has 1 aliphatic heterocycles. The van der Waals surface area contributed by atoms with Gasteiger partial charge in [-0.1, -0.05) is 19.1 Å². The number of amides is 1. The van der Waals surface area contributed by atoms with E-state index in [0.717, 1.165) is 70.3 Å². The third-order valence-corrected chi connectivity index (χ3v) is 6.40. The number of rotatable bonds is 7. The maximum atomic E-state index is 12.8. The minimum absolute atomic E-state index is 0.0703. The summed E-state index contributed by atoms with van der Waals surface area (Å²) in [4.78, 5) is 24.6. The average molecular weight is 455 g/mol. The standard InChI is InChI=1S/C27H30N6O/c1-5-11-32(4)16-22-18(3)6-9-24(31-22)30-21-8-7-19(20-14-29-27(34)26(20)21)23-15-28-25-13-17(2)10-12-33(23)25/h6-10,12-13,15H,5,11,14,16H2,1-4H3,(H,29,34)(H,30,31). The van der Waals surface area contributed by atoms with Gasteiger partial charge in [-0.3, -0.25) is 9.20 Å². The number of carbonyl (C=O) groups excluding carboxylic acids is 1. The van der Waals surface area contributed by atoms with Crippen molar-refractivity contribution in [3.05, 3.63) is 76.7 Å². The molecule has 34 heavy (non-hydrogen) atoms. The topological polar surface area (TPSA) is 74.6 Å². The van der Waals surface area contributed by atoms with E-state index in [0.29, 0.717) is 12.1 Å². The van der Waals surface area contributed by atoms with Crippen LogP contribution in [0.15, 0.2) is 48.8 Å². The summed E-state index contributed by atoms with van der Waals surface area (Å²) in [6.07, 6.45) is 5.01. The zero-order valence-corrected chi connectivity index (χ0v) is 20.1. The van der Waals surface area contributed by atoms with E-state index in [-0.39, 0.29) is 5.91 Å². The fourth-order valence-electron chi connectivity index (χ4n) is 4.63. The Labute approximate surface area is 199 Å². The number of hydrogen-bond donors (Lipinski definition) is 2. The molecule has 0 atom stereocenters. The molecule has 1 amide bonds. The second-order valence-corrected chi connectivity index (χ2v) is 9.10. The normalized spacial score (nSPS) is 12.9. The molecule has 2 N–H and O–H groups in total. The van der Waals surface area contributed by atoms with Crippen LogP contribution < -0.4 is 10.6 Å². The van der Waals surface area contributed by atoms with Crippen LogP contribution in [0.5, 0.6) is 0 Å². The second-order valence-electron chi connectivity index (χ2n) is 9.10. The average Bonchev–Trinajstić information content (AvgIpc) is 3.40. The summed E-state index contributed by atoms with van der Waals surface area (Å²) in [5.74, 6) is 0.671. The van der Waals surface area contributed by atoms with Crippen LogP contribution in [0.1, 0.15) is 46.1 Å². The Morgan fingerprint density at radius 2 is 2.03 bits per heavy atom. The first kappa shape index (κ1) is 22.1. The van der Waals surface area contributed by atoms with E-state index in [1.165, 1.54) is 0 Å². The van der Waals surface area contributed by atoms with Crippen LogP contribution in [0.3, 0.4) is 0 Å². The number of nitrogens with zero attached hydrogens (tertiary/aromatic N) is 4. The van der Waals surface area contributed by atoms with Gasteiger partial charge in [0.15, 0.2) is 0 Å². The number of hydrogen-bond acceptors (Lipinski definition) is 5. The Bertz CT molecular complexity index is 1390. The summed E-state index contributed by atoms with van der Waals surface area (Å²) in [6.45, 7) is 8.63. The summed E-state index contributed by atoms with van der Waals surface area (Å²) in [7, 11) is 2.11. The Kier molecular flexibility index (Phi) is 5.79. The minimum Gasteiger partial charge on any atom is -0.348 e. The van der Waals surface area contributed by atoms with Gasteiger partial charge in [0, 0.05) is 24.8 Å². The van der Waals surface area contributed by atoms with E-state index in [1.807, 2.05) is 24.5 Å². The lowest BCUT2D eigenvalue weighted by molar-refractivity contribution is 0.0966. The maximum Gasteiger partial charge on any atom is 0.254 e. The van der Waals surface area contributed by atoms with E-state index in [1.54, 1.807) is 0 Å². The lowest BCUT2D eigenvalue weighted by Gasteiger charge is -2.18. The molecule has 0 radical (unpaired) electrons. The number of carbonyl (C=O) groups is 1. The predicted octanol–water partition coefficient (Wildman–Crippen LogP) is 4.84. The van der Waals surface area contributed by atoms with Crippen molar-refractivity contribution in [3.8, 4) is 11.3 Å². The lowest BCUT2D eigenvalue weighted by atomic mass is 9.99. The molecule has 1 aromatic carbocycles. The first-order chi connectivity index (χ1) is 16.4. The van der Waals surface area contributed by atoms with Crippen LogP contribution in [0.2, 0.25) is 0 Å². The first-order valence-electron chi connectivity index (χ1n) is 11.7. The Morgan fingerprint density at radius 1 is 1.18 bits per heavy atom. The van der Waals surface area contributed by atoms with Crippen molar-refractivity contribution in [2.45, 2.75) is 40.3 Å². The van der Waals surface area contributed by atoms with Crippen LogP contribution in [-0.4, -0.2) is 38.8 Å². The van der Waals surface area contributed by atoms with Gasteiger partial charge in [0.25, 0.3) is 5.91 Å². The van der Waals surface area contributed by atoms with Crippen molar-refractivity contribution < 1.29 is 4.79 Å². The molecule has 4 heterocycles. The molecule has 0 spiro atoms. The minimum atomic E-state index is -0.0703. The Hall–Kier alpha value is -3.71. The summed E-state index contributed by atoms with van der Waals surface area (Å²) in [5, 5.41) is 6.41. The monoisotopic (exact) mass is 454 g/mol. The fourth-order valence-corrected chi connectivity index (χ4v) is 4.63. The molecule has 7 nitrogen and oxygen atoms in total. The van der Waals surface area contributed by atoms with E-state index in [9.17, 15) is 4.79 Å². The number of imidazole rings is 1. The van der Waals surface area contributed by atoms with Crippen LogP contribution >= 0.6 is 0 Å². The number of benzene rings is 1. The quantitative estimate of drug-likeness (QED) is 0.418. The fraction of sp³-hybridized carbons (Fsp3) is 0.296. The molecule has 0 fully saturated rings. The largest absolute Gasteiger partial charge is 0.348 e. The van der Waals surface area contributed by atoms with Gasteiger partial charge < -0.3 is 15.5 Å². The smallest absolute Gasteiger partial charge is 0.254 e. The predicted molar refractivity (Wildman–Crippen MR) is 135 cm³/mol. The SMILES string of the molecule is CCCN(C)Cc1nc(Nc2ccc(-c3cnc4cc(C)ccn34)c3c2C(=O)NC3)ccc1C. The number of nitrogens with one attached hydrogen (secondary N) is 2. The Balaban J connectivity index is 1.51. The molecule has 3 aromatic heterocycles. The van der Waals surface area contributed by atoms with Gasteiger partial charge in [0.05, 0.1) is 28.8 Å². The van der Waals surface area contributed by atoms with Crippen molar-refractivity contribution in [2.24, 2.45) is 0 Å². The molecular formula is C27H30N6O. The molecule has 0 aliphatic carbocycles. The third kappa shape index (κ3) is 4.03. The summed E-state index contributed by atoms with van der Waals surface area (Å²) in [6, 6.07) is 12.2. The first-order valence-corrected chi connectivity index (χ1v) is 11.7. The van der Waals surface area contributed by atoms with E-state index in [2.05, 4.69) is 77.0 Å². The summed E-state index contributed by atoms with van der Waals surface area (Å²) >= 11 is 0. The van der Waals surface area contributed by atoms with Gasteiger partial charge >= 0.3 is 0 Å². The second kappa shape index (κ2) is 8.91. The molecule has 4 aromatic rings. The van der Waals surface area contributed by atoms with Gasteiger partial charge in [-0.25, -0.2) is 9.97 Å². The molecule has 1 aliphatic rings. The summed E-state index contributed by atoms with van der Waals surface area (Å²) in [5.41, 5.74) is 8.67. The zero-order valence-electron chi connectivity index (χ0n) is 20.1. The van der Waals surface area contributed by atoms with Crippen LogP contribution in [-0.2, 0) is 13.1 Å². The van der Waals surface area contributed by atoms with Crippen LogP contribution in [0, 0.1) is 13.8 Å². The lowest BCUT2D eigenvalue weighted by Crippen LogP contribution is -2.20. The molecule has 5 rings (SSSR count). The van der Waals surface area contributed by atoms with E-state index >= 15 is 0 Å². The van der Waals surface area contributed by atoms with Crippen molar-refractivity contribution in [1.82, 2.24) is 24.6 Å². The summed E-state index contributed by atoms with van der Waals surface area (Å²) < 4.78 is 2.07. The third-order valence-electron chi connectivity index (χ3n) is 6.40. The molecule has 174 valence electrons. The molecule has 7 heteroatoms. The number of anilines is 2. The van der Waals surface area contributed by atoms with Crippen LogP contribution in [0.4, 0.5) is 11.5 Å². The van der Waals surface area contributed by atoms with Crippen molar-refractivity contribution >= 4 is 23.1 Å². The maximum absolute atomic E-state index is 12.8. The van der Waals surface area contributed by atoms with Gasteiger partial charge in [0.1, 0.15) is 11.5 Å². The van der Waals surface area contributed by atoms with Crippen molar-refractivity contribution in [1.29, 1.82) is 0 Å². The molecule has 0 saturated heterocycles. The highest BCUT2D eigenvalue weighted by atomic mass is 16.1. The number of fused-ring (bicyclic) bond motifs is 2. The highest BCUT2D eigenvalue weighted by Gasteiger charge is 2.27. The van der Waals surface area contributed by atoms with Crippen molar-refractivity contribution in [3.63, 3.8) is 0 Å². The van der Waals surface area contributed by atoms with Crippen LogP contribution in [0.25, 0.3) is 16.9 Å². The van der Waals surface area contributed by atoms with E-state index < -0.39 is 0 Å². The zero-order chi connectivity index (χ0) is 23.8. The number of pyridine rings is 2. The molecular weight excluding hydrogens is 424 g/mol. The van der Waals surface area contributed by atoms with Gasteiger partial charge in [-0.15, -0.1) is 0 Å². The highest BCUT2D eigenvalue weighted by molar-refractivity contribution is 6.06. The molecule has 0 unspecified atom stereocenters.